The summed E-state index contributed by atoms with van der Waals surface area (Å²) in [5.41, 5.74) is 1.93. The van der Waals surface area contributed by atoms with Crippen LogP contribution in [-0.4, -0.2) is 17.6 Å². The average Bonchev–Trinajstić information content (AvgIpc) is 3.59. The number of pyridine rings is 1. The molecule has 0 spiro atoms. The van der Waals surface area contributed by atoms with Crippen molar-refractivity contribution in [1.29, 1.82) is 0 Å². The minimum atomic E-state index is -0.329. The van der Waals surface area contributed by atoms with E-state index in [4.69, 9.17) is 4.74 Å². The number of benzene rings is 2. The van der Waals surface area contributed by atoms with Gasteiger partial charge < -0.3 is 14.6 Å². The molecule has 2 aromatic carbocycles. The van der Waals surface area contributed by atoms with E-state index in [1.807, 2.05) is 54.6 Å². The summed E-state index contributed by atoms with van der Waals surface area (Å²) in [5, 5.41) is 3.09. The van der Waals surface area contributed by atoms with Crippen LogP contribution < -0.4 is 15.6 Å². The highest BCUT2D eigenvalue weighted by atomic mass is 16.5. The van der Waals surface area contributed by atoms with Crippen molar-refractivity contribution in [2.45, 2.75) is 25.4 Å². The van der Waals surface area contributed by atoms with Crippen molar-refractivity contribution in [3.05, 3.63) is 100.0 Å². The SMILES string of the molecule is COc1ccc(C(NC(=O)c2cccn(Cc3ccccc3)c2=O)C2CC2)cc1. The maximum Gasteiger partial charge on any atom is 0.263 e. The molecular formula is C24H24N2O3. The Morgan fingerprint density at radius 3 is 2.45 bits per heavy atom. The smallest absolute Gasteiger partial charge is 0.263 e. The quantitative estimate of drug-likeness (QED) is 0.670. The number of carbonyl (C=O) groups excluding carboxylic acids is 1. The summed E-state index contributed by atoms with van der Waals surface area (Å²) in [6, 6.07) is 20.7. The number of nitrogens with zero attached hydrogens (tertiary/aromatic N) is 1. The summed E-state index contributed by atoms with van der Waals surface area (Å²) in [5.74, 6) is 0.856. The topological polar surface area (TPSA) is 60.3 Å². The lowest BCUT2D eigenvalue weighted by molar-refractivity contribution is 0.0929. The Labute approximate surface area is 170 Å². The van der Waals surface area contributed by atoms with Crippen LogP contribution in [0.2, 0.25) is 0 Å². The molecule has 1 fully saturated rings. The van der Waals surface area contributed by atoms with Gasteiger partial charge in [-0.25, -0.2) is 0 Å². The summed E-state index contributed by atoms with van der Waals surface area (Å²) in [6.07, 6.45) is 3.86. The molecule has 0 radical (unpaired) electrons. The molecule has 5 nitrogen and oxygen atoms in total. The third-order valence-corrected chi connectivity index (χ3v) is 5.32. The van der Waals surface area contributed by atoms with Crippen LogP contribution >= 0.6 is 0 Å². The number of methoxy groups -OCH3 is 1. The number of carbonyl (C=O) groups is 1. The van der Waals surface area contributed by atoms with Gasteiger partial charge in [0, 0.05) is 6.20 Å². The van der Waals surface area contributed by atoms with E-state index in [0.717, 1.165) is 29.7 Å². The van der Waals surface area contributed by atoms with Gasteiger partial charge in [-0.3, -0.25) is 9.59 Å². The van der Waals surface area contributed by atoms with Crippen molar-refractivity contribution in [2.75, 3.05) is 7.11 Å². The fourth-order valence-electron chi connectivity index (χ4n) is 3.55. The van der Waals surface area contributed by atoms with Crippen LogP contribution in [0.15, 0.2) is 77.7 Å². The Morgan fingerprint density at radius 2 is 1.79 bits per heavy atom. The van der Waals surface area contributed by atoms with Gasteiger partial charge in [0.05, 0.1) is 19.7 Å². The van der Waals surface area contributed by atoms with Gasteiger partial charge in [0.2, 0.25) is 0 Å². The Balaban J connectivity index is 1.55. The third kappa shape index (κ3) is 4.40. The van der Waals surface area contributed by atoms with E-state index in [9.17, 15) is 9.59 Å². The van der Waals surface area contributed by atoms with Gasteiger partial charge in [-0.1, -0.05) is 42.5 Å². The maximum atomic E-state index is 13.0. The van der Waals surface area contributed by atoms with Crippen molar-refractivity contribution in [3.63, 3.8) is 0 Å². The maximum absolute atomic E-state index is 13.0. The fourth-order valence-corrected chi connectivity index (χ4v) is 3.55. The zero-order valence-electron chi connectivity index (χ0n) is 16.4. The molecule has 1 saturated carbocycles. The lowest BCUT2D eigenvalue weighted by atomic mass is 10.0. The summed E-state index contributed by atoms with van der Waals surface area (Å²) in [6.45, 7) is 0.436. The summed E-state index contributed by atoms with van der Waals surface area (Å²) < 4.78 is 6.79. The molecule has 0 saturated heterocycles. The van der Waals surface area contributed by atoms with Crippen molar-refractivity contribution in [1.82, 2.24) is 9.88 Å². The molecule has 1 amide bonds. The first-order valence-corrected chi connectivity index (χ1v) is 9.84. The second kappa shape index (κ2) is 8.35. The standard InChI is InChI=1S/C24H24N2O3/c1-29-20-13-11-19(12-14-20)22(18-9-10-18)25-23(27)21-8-5-15-26(24(21)28)16-17-6-3-2-4-7-17/h2-8,11-15,18,22H,9-10,16H2,1H3,(H,25,27). The Morgan fingerprint density at radius 1 is 1.07 bits per heavy atom. The number of hydrogen-bond acceptors (Lipinski definition) is 3. The summed E-state index contributed by atoms with van der Waals surface area (Å²) in [4.78, 5) is 25.8. The minimum absolute atomic E-state index is 0.101. The molecule has 1 aliphatic rings. The van der Waals surface area contributed by atoms with Crippen LogP contribution in [0.4, 0.5) is 0 Å². The molecular weight excluding hydrogens is 364 g/mol. The van der Waals surface area contributed by atoms with Gasteiger partial charge in [-0.05, 0) is 54.2 Å². The van der Waals surface area contributed by atoms with E-state index in [0.29, 0.717) is 12.5 Å². The van der Waals surface area contributed by atoms with Crippen molar-refractivity contribution in [3.8, 4) is 5.75 Å². The van der Waals surface area contributed by atoms with Crippen LogP contribution in [0.25, 0.3) is 0 Å². The molecule has 1 aliphatic carbocycles. The molecule has 29 heavy (non-hydrogen) atoms. The molecule has 1 atom stereocenters. The Bertz CT molecular complexity index is 1040. The monoisotopic (exact) mass is 388 g/mol. The molecule has 0 aliphatic heterocycles. The molecule has 1 heterocycles. The zero-order chi connectivity index (χ0) is 20.2. The van der Waals surface area contributed by atoms with Crippen LogP contribution in [0.5, 0.6) is 5.75 Å². The van der Waals surface area contributed by atoms with Crippen LogP contribution in [-0.2, 0) is 6.54 Å². The first-order valence-electron chi connectivity index (χ1n) is 9.84. The average molecular weight is 388 g/mol. The number of rotatable bonds is 7. The molecule has 1 N–H and O–H groups in total. The van der Waals surface area contributed by atoms with Gasteiger partial charge in [-0.2, -0.15) is 0 Å². The Hall–Kier alpha value is -3.34. The largest absolute Gasteiger partial charge is 0.497 e. The molecule has 3 aromatic rings. The summed E-state index contributed by atoms with van der Waals surface area (Å²) in [7, 11) is 1.63. The minimum Gasteiger partial charge on any atom is -0.497 e. The highest BCUT2D eigenvalue weighted by Crippen LogP contribution is 2.41. The second-order valence-electron chi connectivity index (χ2n) is 7.40. The molecule has 148 valence electrons. The lowest BCUT2D eigenvalue weighted by Gasteiger charge is -2.19. The van der Waals surface area contributed by atoms with E-state index < -0.39 is 0 Å². The van der Waals surface area contributed by atoms with E-state index >= 15 is 0 Å². The molecule has 1 unspecified atom stereocenters. The van der Waals surface area contributed by atoms with Gasteiger partial charge >= 0.3 is 0 Å². The molecule has 5 heteroatoms. The lowest BCUT2D eigenvalue weighted by Crippen LogP contribution is -2.35. The summed E-state index contributed by atoms with van der Waals surface area (Å²) >= 11 is 0. The number of amides is 1. The van der Waals surface area contributed by atoms with Gasteiger partial charge in [0.1, 0.15) is 11.3 Å². The van der Waals surface area contributed by atoms with E-state index in [1.54, 1.807) is 30.0 Å². The second-order valence-corrected chi connectivity index (χ2v) is 7.40. The van der Waals surface area contributed by atoms with Gasteiger partial charge in [-0.15, -0.1) is 0 Å². The number of hydrogen-bond donors (Lipinski definition) is 1. The first kappa shape index (κ1) is 19.0. The molecule has 0 bridgehead atoms. The molecule has 1 aromatic heterocycles. The predicted molar refractivity (Wildman–Crippen MR) is 112 cm³/mol. The predicted octanol–water partition coefficient (Wildman–Crippen LogP) is 3.79. The number of aromatic nitrogens is 1. The molecule has 4 rings (SSSR count). The van der Waals surface area contributed by atoms with Crippen molar-refractivity contribution >= 4 is 5.91 Å². The Kier molecular flexibility index (Phi) is 5.47. The van der Waals surface area contributed by atoms with Crippen LogP contribution in [0.3, 0.4) is 0 Å². The third-order valence-electron chi connectivity index (χ3n) is 5.32. The van der Waals surface area contributed by atoms with Crippen LogP contribution in [0.1, 0.15) is 40.4 Å². The zero-order valence-corrected chi connectivity index (χ0v) is 16.4. The van der Waals surface area contributed by atoms with Gasteiger partial charge in [0.15, 0.2) is 0 Å². The number of ether oxygens (including phenoxy) is 1. The first-order chi connectivity index (χ1) is 14.2. The highest BCUT2D eigenvalue weighted by molar-refractivity contribution is 5.94. The van der Waals surface area contributed by atoms with Crippen LogP contribution in [0, 0.1) is 5.92 Å². The normalized spacial score (nSPS) is 14.2. The number of nitrogens with one attached hydrogen (secondary N) is 1. The van der Waals surface area contributed by atoms with E-state index in [1.165, 1.54) is 0 Å². The fraction of sp³-hybridized carbons (Fsp3) is 0.250. The van der Waals surface area contributed by atoms with Crippen molar-refractivity contribution < 1.29 is 9.53 Å². The highest BCUT2D eigenvalue weighted by Gasteiger charge is 2.34. The van der Waals surface area contributed by atoms with Crippen molar-refractivity contribution in [2.24, 2.45) is 5.92 Å². The van der Waals surface area contributed by atoms with E-state index in [2.05, 4.69) is 5.32 Å². The van der Waals surface area contributed by atoms with Gasteiger partial charge in [0.25, 0.3) is 11.5 Å². The van der Waals surface area contributed by atoms with E-state index in [-0.39, 0.29) is 23.1 Å².